The molecule has 3 aliphatic rings. The monoisotopic (exact) mass is 376 g/mol. The summed E-state index contributed by atoms with van der Waals surface area (Å²) in [7, 11) is 0. The van der Waals surface area contributed by atoms with Crippen LogP contribution in [0.25, 0.3) is 0 Å². The summed E-state index contributed by atoms with van der Waals surface area (Å²) in [5.41, 5.74) is 1.19. The van der Waals surface area contributed by atoms with E-state index in [1.54, 1.807) is 0 Å². The molecule has 0 aromatic heterocycles. The van der Waals surface area contributed by atoms with Crippen molar-refractivity contribution in [1.82, 2.24) is 15.1 Å². The van der Waals surface area contributed by atoms with Crippen LogP contribution in [0.3, 0.4) is 0 Å². The molecular weight excluding hydrogens is 356 g/mol. The first-order chi connectivity index (χ1) is 12.7. The minimum absolute atomic E-state index is 0.0984. The van der Waals surface area contributed by atoms with Crippen molar-refractivity contribution in [1.29, 1.82) is 0 Å². The highest BCUT2D eigenvalue weighted by Gasteiger charge is 2.22. The molecule has 26 heavy (non-hydrogen) atoms. The first-order valence-electron chi connectivity index (χ1n) is 8.53. The predicted octanol–water partition coefficient (Wildman–Crippen LogP) is 0.279. The largest absolute Gasteiger partial charge is 0.454 e. The Morgan fingerprint density at radius 1 is 1.15 bits per heavy atom. The quantitative estimate of drug-likeness (QED) is 0.808. The fraction of sp³-hybridized carbons (Fsp3) is 0.471. The fourth-order valence-electron chi connectivity index (χ4n) is 3.13. The molecule has 2 saturated heterocycles. The van der Waals surface area contributed by atoms with Gasteiger partial charge in [-0.1, -0.05) is 17.8 Å². The molecular formula is C17H20N4O4S. The summed E-state index contributed by atoms with van der Waals surface area (Å²) in [5.74, 6) is 1.64. The summed E-state index contributed by atoms with van der Waals surface area (Å²) in [6.07, 6.45) is 0. The molecule has 0 aliphatic carbocycles. The first-order valence-corrected chi connectivity index (χ1v) is 9.52. The van der Waals surface area contributed by atoms with Crippen LogP contribution in [0.15, 0.2) is 23.2 Å². The van der Waals surface area contributed by atoms with Gasteiger partial charge in [0.15, 0.2) is 16.7 Å². The van der Waals surface area contributed by atoms with Gasteiger partial charge in [0.25, 0.3) is 5.91 Å². The van der Waals surface area contributed by atoms with Crippen LogP contribution in [-0.2, 0) is 16.1 Å². The topological polar surface area (TPSA) is 83.5 Å². The van der Waals surface area contributed by atoms with Gasteiger partial charge in [0.05, 0.1) is 12.3 Å². The number of amides is 2. The van der Waals surface area contributed by atoms with E-state index in [2.05, 4.69) is 26.2 Å². The highest BCUT2D eigenvalue weighted by Crippen LogP contribution is 2.32. The van der Waals surface area contributed by atoms with Gasteiger partial charge < -0.3 is 14.8 Å². The van der Waals surface area contributed by atoms with Gasteiger partial charge >= 0.3 is 0 Å². The van der Waals surface area contributed by atoms with Gasteiger partial charge in [-0.05, 0) is 17.7 Å². The summed E-state index contributed by atoms with van der Waals surface area (Å²) in [6.45, 7) is 4.86. The Morgan fingerprint density at radius 2 is 1.92 bits per heavy atom. The van der Waals surface area contributed by atoms with Gasteiger partial charge in [0.2, 0.25) is 12.7 Å². The molecule has 2 amide bonds. The molecule has 3 heterocycles. The minimum atomic E-state index is -0.209. The van der Waals surface area contributed by atoms with E-state index in [0.29, 0.717) is 10.9 Å². The van der Waals surface area contributed by atoms with E-state index in [1.807, 2.05) is 12.1 Å². The van der Waals surface area contributed by atoms with Crippen LogP contribution in [-0.4, -0.2) is 72.1 Å². The van der Waals surface area contributed by atoms with E-state index in [-0.39, 0.29) is 25.2 Å². The molecule has 8 nitrogen and oxygen atoms in total. The molecule has 0 atom stereocenters. The molecule has 2 fully saturated rings. The van der Waals surface area contributed by atoms with Crippen LogP contribution < -0.4 is 14.8 Å². The van der Waals surface area contributed by atoms with Crippen molar-refractivity contribution in [2.45, 2.75) is 6.54 Å². The molecule has 0 saturated carbocycles. The second-order valence-electron chi connectivity index (χ2n) is 6.39. The van der Waals surface area contributed by atoms with Crippen LogP contribution in [0, 0.1) is 0 Å². The van der Waals surface area contributed by atoms with Crippen molar-refractivity contribution in [2.75, 3.05) is 45.3 Å². The van der Waals surface area contributed by atoms with Gasteiger partial charge in [0.1, 0.15) is 0 Å². The number of carbonyl (C=O) groups excluding carboxylic acids is 2. The van der Waals surface area contributed by atoms with E-state index in [1.165, 1.54) is 17.3 Å². The lowest BCUT2D eigenvalue weighted by Gasteiger charge is -2.34. The Kier molecular flexibility index (Phi) is 5.09. The smallest absolute Gasteiger partial charge is 0.262 e. The Morgan fingerprint density at radius 3 is 2.69 bits per heavy atom. The van der Waals surface area contributed by atoms with Crippen LogP contribution in [0.5, 0.6) is 11.5 Å². The van der Waals surface area contributed by atoms with Crippen LogP contribution in [0.4, 0.5) is 0 Å². The van der Waals surface area contributed by atoms with Crippen LogP contribution >= 0.6 is 11.8 Å². The zero-order chi connectivity index (χ0) is 17.9. The lowest BCUT2D eigenvalue weighted by Crippen LogP contribution is -2.47. The minimum Gasteiger partial charge on any atom is -0.454 e. The molecule has 138 valence electrons. The Balaban J connectivity index is 1.24. The SMILES string of the molecule is O=C(CN1CCN(Cc2ccc3c(c2)OCO3)CC1)N=C1NC(=O)CS1. The van der Waals surface area contributed by atoms with Gasteiger partial charge in [0, 0.05) is 32.7 Å². The maximum absolute atomic E-state index is 12.0. The second-order valence-corrected chi connectivity index (χ2v) is 7.35. The standard InChI is InChI=1S/C17H20N4O4S/c22-15(18-17-19-16(23)10-26-17)9-21-5-3-20(4-6-21)8-12-1-2-13-14(7-12)25-11-24-13/h1-2,7H,3-6,8-11H2,(H,18,19,22,23). The summed E-state index contributed by atoms with van der Waals surface area (Å²) < 4.78 is 10.8. The van der Waals surface area contributed by atoms with E-state index >= 15 is 0 Å². The number of rotatable bonds is 4. The Hall–Kier alpha value is -2.10. The normalized spacial score (nSPS) is 22.0. The zero-order valence-corrected chi connectivity index (χ0v) is 15.1. The number of fused-ring (bicyclic) bond motifs is 1. The number of thioether (sulfide) groups is 1. The highest BCUT2D eigenvalue weighted by atomic mass is 32.2. The molecule has 1 aromatic rings. The van der Waals surface area contributed by atoms with Gasteiger partial charge in [-0.15, -0.1) is 0 Å². The van der Waals surface area contributed by atoms with Gasteiger partial charge in [-0.25, -0.2) is 0 Å². The van der Waals surface area contributed by atoms with Crippen LogP contribution in [0.2, 0.25) is 0 Å². The summed E-state index contributed by atoms with van der Waals surface area (Å²) in [4.78, 5) is 31.6. The zero-order valence-electron chi connectivity index (χ0n) is 14.3. The van der Waals surface area contributed by atoms with E-state index in [9.17, 15) is 9.59 Å². The first kappa shape index (κ1) is 17.3. The molecule has 4 rings (SSSR count). The number of hydrogen-bond donors (Lipinski definition) is 1. The van der Waals surface area contributed by atoms with Gasteiger partial charge in [-0.2, -0.15) is 4.99 Å². The number of amidine groups is 1. The molecule has 0 radical (unpaired) electrons. The van der Waals surface area contributed by atoms with Crippen molar-refractivity contribution in [3.05, 3.63) is 23.8 Å². The number of benzene rings is 1. The molecule has 0 bridgehead atoms. The third-order valence-electron chi connectivity index (χ3n) is 4.48. The van der Waals surface area contributed by atoms with E-state index in [4.69, 9.17) is 9.47 Å². The van der Waals surface area contributed by atoms with Crippen molar-refractivity contribution in [3.8, 4) is 11.5 Å². The molecule has 0 spiro atoms. The predicted molar refractivity (Wildman–Crippen MR) is 97.3 cm³/mol. The van der Waals surface area contributed by atoms with E-state index < -0.39 is 0 Å². The second kappa shape index (κ2) is 7.65. The molecule has 1 aromatic carbocycles. The number of ether oxygens (including phenoxy) is 2. The third-order valence-corrected chi connectivity index (χ3v) is 5.35. The molecule has 0 unspecified atom stereocenters. The highest BCUT2D eigenvalue weighted by molar-refractivity contribution is 8.15. The molecule has 3 aliphatic heterocycles. The number of carbonyl (C=O) groups is 2. The lowest BCUT2D eigenvalue weighted by atomic mass is 10.1. The third kappa shape index (κ3) is 4.17. The average Bonchev–Trinajstić information content (AvgIpc) is 3.25. The number of hydrogen-bond acceptors (Lipinski definition) is 7. The number of aliphatic imine (C=N–C) groups is 1. The molecule has 1 N–H and O–H groups in total. The average molecular weight is 376 g/mol. The lowest BCUT2D eigenvalue weighted by molar-refractivity contribution is -0.119. The summed E-state index contributed by atoms with van der Waals surface area (Å²) in [6, 6.07) is 6.04. The van der Waals surface area contributed by atoms with Crippen molar-refractivity contribution >= 4 is 28.7 Å². The number of piperazine rings is 1. The molecule has 9 heteroatoms. The van der Waals surface area contributed by atoms with Crippen LogP contribution in [0.1, 0.15) is 5.56 Å². The van der Waals surface area contributed by atoms with Gasteiger partial charge in [-0.3, -0.25) is 19.4 Å². The number of nitrogens with one attached hydrogen (secondary N) is 1. The Labute approximate surface area is 155 Å². The van der Waals surface area contributed by atoms with Crippen molar-refractivity contribution < 1.29 is 19.1 Å². The summed E-state index contributed by atoms with van der Waals surface area (Å²) >= 11 is 1.27. The van der Waals surface area contributed by atoms with Crippen molar-refractivity contribution in [3.63, 3.8) is 0 Å². The van der Waals surface area contributed by atoms with Crippen molar-refractivity contribution in [2.24, 2.45) is 4.99 Å². The Bertz CT molecular complexity index is 746. The number of nitrogens with zero attached hydrogens (tertiary/aromatic N) is 3. The summed E-state index contributed by atoms with van der Waals surface area (Å²) in [5, 5.41) is 3.00. The maximum atomic E-state index is 12.0. The fourth-order valence-corrected chi connectivity index (χ4v) is 3.82. The maximum Gasteiger partial charge on any atom is 0.262 e. The van der Waals surface area contributed by atoms with E-state index in [0.717, 1.165) is 44.2 Å².